The Kier molecular flexibility index (Phi) is 7.31. The van der Waals surface area contributed by atoms with Crippen molar-refractivity contribution in [3.05, 3.63) is 39.9 Å². The topological polar surface area (TPSA) is 137 Å². The summed E-state index contributed by atoms with van der Waals surface area (Å²) in [5.74, 6) is -1.21. The van der Waals surface area contributed by atoms with E-state index in [-0.39, 0.29) is 23.7 Å². The van der Waals surface area contributed by atoms with E-state index < -0.39 is 30.1 Å². The molecule has 0 saturated carbocycles. The number of nitrogens with one attached hydrogen (secondary N) is 3. The summed E-state index contributed by atoms with van der Waals surface area (Å²) >= 11 is 8.70. The van der Waals surface area contributed by atoms with Gasteiger partial charge in [-0.15, -0.1) is 0 Å². The van der Waals surface area contributed by atoms with Crippen LogP contribution in [-0.2, 0) is 9.59 Å². The van der Waals surface area contributed by atoms with Crippen molar-refractivity contribution in [2.24, 2.45) is 5.73 Å². The molecule has 10 heteroatoms. The molecule has 2 rings (SSSR count). The first kappa shape index (κ1) is 21.3. The van der Waals surface area contributed by atoms with Crippen LogP contribution in [-0.4, -0.2) is 51.9 Å². The van der Waals surface area contributed by atoms with Crippen LogP contribution in [0.3, 0.4) is 0 Å². The minimum Gasteiger partial charge on any atom is -0.390 e. The maximum absolute atomic E-state index is 12.1. The van der Waals surface area contributed by atoms with Crippen LogP contribution in [0.1, 0.15) is 12.0 Å². The van der Waals surface area contributed by atoms with E-state index in [1.807, 2.05) is 25.1 Å². The molecule has 3 atom stereocenters. The number of hydrogen-bond acceptors (Lipinski definition) is 5. The van der Waals surface area contributed by atoms with Crippen molar-refractivity contribution in [3.8, 4) is 0 Å². The molecule has 0 aliphatic heterocycles. The van der Waals surface area contributed by atoms with Crippen molar-refractivity contribution in [2.75, 3.05) is 11.9 Å². The predicted octanol–water partition coefficient (Wildman–Crippen LogP) is 0.0659. The number of halogens is 1. The van der Waals surface area contributed by atoms with Crippen LogP contribution >= 0.6 is 28.1 Å². The maximum Gasteiger partial charge on any atom is 0.247 e. The first-order valence-electron chi connectivity index (χ1n) is 8.14. The minimum absolute atomic E-state index is 0.0480. The van der Waals surface area contributed by atoms with Crippen molar-refractivity contribution in [1.82, 2.24) is 10.6 Å². The lowest BCUT2D eigenvalue weighted by Gasteiger charge is -2.31. The van der Waals surface area contributed by atoms with E-state index in [0.29, 0.717) is 0 Å². The first-order valence-corrected chi connectivity index (χ1v) is 9.34. The number of aliphatic hydroxyl groups excluding tert-OH is 2. The molecule has 0 spiro atoms. The van der Waals surface area contributed by atoms with Crippen LogP contribution in [0.25, 0.3) is 0 Å². The van der Waals surface area contributed by atoms with Gasteiger partial charge in [-0.05, 0) is 52.8 Å². The zero-order valence-corrected chi connectivity index (χ0v) is 16.9. The summed E-state index contributed by atoms with van der Waals surface area (Å²) in [6, 6.07) is 4.89. The van der Waals surface area contributed by atoms with Crippen LogP contribution in [0.2, 0.25) is 0 Å². The summed E-state index contributed by atoms with van der Waals surface area (Å²) < 4.78 is 0.818. The molecule has 0 heterocycles. The van der Waals surface area contributed by atoms with Crippen LogP contribution in [0.4, 0.5) is 5.69 Å². The molecule has 0 saturated heterocycles. The molecule has 1 aliphatic carbocycles. The van der Waals surface area contributed by atoms with Crippen LogP contribution in [0.5, 0.6) is 0 Å². The van der Waals surface area contributed by atoms with Crippen molar-refractivity contribution >= 4 is 50.8 Å². The third-order valence-corrected chi connectivity index (χ3v) is 4.83. The van der Waals surface area contributed by atoms with E-state index in [1.54, 1.807) is 0 Å². The van der Waals surface area contributed by atoms with E-state index in [4.69, 9.17) is 18.0 Å². The molecule has 7 N–H and O–H groups in total. The molecular weight excluding hydrogens is 436 g/mol. The van der Waals surface area contributed by atoms with Gasteiger partial charge >= 0.3 is 0 Å². The largest absolute Gasteiger partial charge is 0.390 e. The number of thiocarbonyl (C=S) groups is 1. The van der Waals surface area contributed by atoms with Crippen molar-refractivity contribution < 1.29 is 19.8 Å². The third kappa shape index (κ3) is 5.99. The number of aryl methyl sites for hydroxylation is 1. The average molecular weight is 457 g/mol. The van der Waals surface area contributed by atoms with Gasteiger partial charge in [0, 0.05) is 16.5 Å². The summed E-state index contributed by atoms with van der Waals surface area (Å²) in [7, 11) is 0. The summed E-state index contributed by atoms with van der Waals surface area (Å²) in [6.07, 6.45) is -0.880. The summed E-state index contributed by atoms with van der Waals surface area (Å²) in [6.45, 7) is 1.65. The quantitative estimate of drug-likeness (QED) is 0.344. The SMILES string of the molecule is Cc1ccc(NC(=S)N[C@H]2C=C(C(=O)NCC(N)=O)C[C@@H](O)[C@@H]2O)c(Br)c1. The Balaban J connectivity index is 2.07. The molecule has 1 aromatic rings. The van der Waals surface area contributed by atoms with Gasteiger partial charge in [-0.2, -0.15) is 0 Å². The Hall–Kier alpha value is -2.01. The molecule has 8 nitrogen and oxygen atoms in total. The molecule has 0 unspecified atom stereocenters. The lowest BCUT2D eigenvalue weighted by molar-refractivity contribution is -0.123. The van der Waals surface area contributed by atoms with E-state index in [0.717, 1.165) is 15.7 Å². The third-order valence-electron chi connectivity index (χ3n) is 3.96. The van der Waals surface area contributed by atoms with E-state index in [9.17, 15) is 19.8 Å². The normalized spacial score (nSPS) is 21.8. The summed E-state index contributed by atoms with van der Waals surface area (Å²) in [5.41, 5.74) is 7.04. The maximum atomic E-state index is 12.1. The second-order valence-corrected chi connectivity index (χ2v) is 7.47. The second-order valence-electron chi connectivity index (χ2n) is 6.21. The fraction of sp³-hybridized carbons (Fsp3) is 0.353. The Morgan fingerprint density at radius 2 is 2.07 bits per heavy atom. The lowest BCUT2D eigenvalue weighted by Crippen LogP contribution is -2.52. The number of benzene rings is 1. The highest BCUT2D eigenvalue weighted by molar-refractivity contribution is 9.10. The van der Waals surface area contributed by atoms with Gasteiger partial charge in [0.1, 0.15) is 6.10 Å². The van der Waals surface area contributed by atoms with E-state index in [2.05, 4.69) is 31.9 Å². The number of amides is 2. The Morgan fingerprint density at radius 3 is 2.70 bits per heavy atom. The van der Waals surface area contributed by atoms with Gasteiger partial charge in [-0.25, -0.2) is 0 Å². The molecule has 1 aliphatic rings. The summed E-state index contributed by atoms with van der Waals surface area (Å²) in [4.78, 5) is 22.9. The number of rotatable bonds is 5. The van der Waals surface area contributed by atoms with Gasteiger partial charge in [-0.1, -0.05) is 12.1 Å². The highest BCUT2D eigenvalue weighted by Crippen LogP contribution is 2.24. The van der Waals surface area contributed by atoms with Crippen molar-refractivity contribution in [3.63, 3.8) is 0 Å². The van der Waals surface area contributed by atoms with E-state index >= 15 is 0 Å². The highest BCUT2D eigenvalue weighted by atomic mass is 79.9. The standard InChI is InChI=1S/C17H21BrN4O4S/c1-8-2-3-11(10(18)4-8)21-17(27)22-12-5-9(6-13(23)15(12)25)16(26)20-7-14(19)24/h2-5,12-13,15,23,25H,6-7H2,1H3,(H2,19,24)(H,20,26)(H2,21,22,27)/t12-,13+,15+/m0/s1. The Bertz CT molecular complexity index is 786. The van der Waals surface area contributed by atoms with Gasteiger partial charge in [-0.3, -0.25) is 9.59 Å². The Labute approximate surface area is 170 Å². The fourth-order valence-electron chi connectivity index (χ4n) is 2.58. The zero-order chi connectivity index (χ0) is 20.1. The molecule has 2 amide bonds. The first-order chi connectivity index (χ1) is 12.7. The highest BCUT2D eigenvalue weighted by Gasteiger charge is 2.33. The molecular formula is C17H21BrN4O4S. The number of carbonyl (C=O) groups excluding carboxylic acids is 2. The number of primary amides is 1. The molecule has 1 aromatic carbocycles. The minimum atomic E-state index is -1.16. The van der Waals surface area contributed by atoms with Gasteiger partial charge in [0.2, 0.25) is 11.8 Å². The van der Waals surface area contributed by atoms with E-state index in [1.165, 1.54) is 6.08 Å². The van der Waals surface area contributed by atoms with Gasteiger partial charge in [0.15, 0.2) is 5.11 Å². The second kappa shape index (κ2) is 9.27. The lowest BCUT2D eigenvalue weighted by atomic mass is 9.90. The van der Waals surface area contributed by atoms with Crippen LogP contribution in [0.15, 0.2) is 34.3 Å². The predicted molar refractivity (Wildman–Crippen MR) is 109 cm³/mol. The number of nitrogens with two attached hydrogens (primary N) is 1. The summed E-state index contributed by atoms with van der Waals surface area (Å²) in [5, 5.41) is 28.7. The van der Waals surface area contributed by atoms with Crippen molar-refractivity contribution in [1.29, 1.82) is 0 Å². The fourth-order valence-corrected chi connectivity index (χ4v) is 3.41. The average Bonchev–Trinajstić information content (AvgIpc) is 2.59. The number of carbonyl (C=O) groups is 2. The van der Waals surface area contributed by atoms with Crippen LogP contribution in [0, 0.1) is 6.92 Å². The molecule has 146 valence electrons. The smallest absolute Gasteiger partial charge is 0.247 e. The van der Waals surface area contributed by atoms with Crippen molar-refractivity contribution in [2.45, 2.75) is 31.6 Å². The van der Waals surface area contributed by atoms with Gasteiger partial charge < -0.3 is 31.9 Å². The number of hydrogen-bond donors (Lipinski definition) is 6. The van der Waals surface area contributed by atoms with Gasteiger partial charge in [0.05, 0.1) is 24.4 Å². The molecule has 0 fully saturated rings. The molecule has 0 radical (unpaired) electrons. The molecule has 27 heavy (non-hydrogen) atoms. The Morgan fingerprint density at radius 1 is 1.37 bits per heavy atom. The monoisotopic (exact) mass is 456 g/mol. The molecule has 0 bridgehead atoms. The zero-order valence-electron chi connectivity index (χ0n) is 14.5. The van der Waals surface area contributed by atoms with Gasteiger partial charge in [0.25, 0.3) is 0 Å². The number of anilines is 1. The molecule has 0 aromatic heterocycles. The van der Waals surface area contributed by atoms with Crippen LogP contribution < -0.4 is 21.7 Å². The number of aliphatic hydroxyl groups is 2.